The Labute approximate surface area is 279 Å². The molecule has 48 heavy (non-hydrogen) atoms. The third-order valence-corrected chi connectivity index (χ3v) is 13.8. The van der Waals surface area contributed by atoms with Gasteiger partial charge in [-0.05, 0) is 38.4 Å². The maximum atomic E-state index is 10.6. The van der Waals surface area contributed by atoms with Crippen LogP contribution in [0.5, 0.6) is 0 Å². The maximum absolute atomic E-state index is 10.6. The summed E-state index contributed by atoms with van der Waals surface area (Å²) in [5.74, 6) is 0.443. The van der Waals surface area contributed by atoms with Crippen LogP contribution in [0.3, 0.4) is 0 Å². The Balaban J connectivity index is 1.39. The molecule has 0 aliphatic heterocycles. The Morgan fingerprint density at radius 2 is 1.04 bits per heavy atom. The number of para-hydroxylation sites is 2. The molecule has 0 fully saturated rings. The van der Waals surface area contributed by atoms with Gasteiger partial charge in [-0.1, -0.05) is 163 Å². The van der Waals surface area contributed by atoms with E-state index in [4.69, 9.17) is 16.5 Å². The summed E-state index contributed by atoms with van der Waals surface area (Å²) in [5, 5.41) is 17.5. The van der Waals surface area contributed by atoms with E-state index in [0.717, 1.165) is 32.6 Å². The van der Waals surface area contributed by atoms with E-state index < -0.39 is 8.07 Å². The molecule has 0 saturated carbocycles. The molecule has 8 aromatic rings. The number of aromatic nitrogens is 3. The molecule has 2 heterocycles. The van der Waals surface area contributed by atoms with Crippen molar-refractivity contribution >= 4 is 56.4 Å². The van der Waals surface area contributed by atoms with Crippen molar-refractivity contribution in [2.75, 3.05) is 0 Å². The van der Waals surface area contributed by atoms with E-state index >= 15 is 0 Å². The summed E-state index contributed by atoms with van der Waals surface area (Å²) in [7, 11) is -2.84. The van der Waals surface area contributed by atoms with Gasteiger partial charge >= 0.3 is 5.95 Å². The highest BCUT2D eigenvalue weighted by Crippen LogP contribution is 2.35. The first kappa shape index (κ1) is 28.8. The first-order valence-electron chi connectivity index (χ1n) is 15.7. The van der Waals surface area contributed by atoms with Gasteiger partial charge in [0.15, 0.2) is 8.07 Å². The van der Waals surface area contributed by atoms with Gasteiger partial charge in [0, 0.05) is 16.3 Å². The molecule has 0 spiro atoms. The molecular formula is C42H27N5Si. The lowest BCUT2D eigenvalue weighted by atomic mass is 10.0. The number of benzene rings is 6. The quantitative estimate of drug-likeness (QED) is 0.113. The molecule has 6 aromatic carbocycles. The number of fused-ring (bicyclic) bond motifs is 3. The first-order valence-corrected chi connectivity index (χ1v) is 17.7. The van der Waals surface area contributed by atoms with Crippen LogP contribution in [0.25, 0.3) is 43.7 Å². The lowest BCUT2D eigenvalue weighted by molar-refractivity contribution is 0.988. The van der Waals surface area contributed by atoms with Crippen molar-refractivity contribution in [1.29, 1.82) is 5.26 Å². The molecule has 2 aromatic heterocycles. The van der Waals surface area contributed by atoms with Gasteiger partial charge in [0.2, 0.25) is 0 Å². The summed E-state index contributed by atoms with van der Waals surface area (Å²) in [6, 6.07) is 58.8. The van der Waals surface area contributed by atoms with Crippen LogP contribution >= 0.6 is 0 Å². The second kappa shape index (κ2) is 12.0. The number of nitrogens with zero attached hydrogens (tertiary/aromatic N) is 5. The Morgan fingerprint density at radius 1 is 0.562 bits per heavy atom. The third-order valence-electron chi connectivity index (χ3n) is 9.07. The molecular weight excluding hydrogens is 603 g/mol. The van der Waals surface area contributed by atoms with Crippen molar-refractivity contribution in [3.63, 3.8) is 0 Å². The van der Waals surface area contributed by atoms with Crippen LogP contribution < -0.4 is 20.7 Å². The van der Waals surface area contributed by atoms with Crippen molar-refractivity contribution in [3.8, 4) is 23.1 Å². The first-order chi connectivity index (χ1) is 23.7. The van der Waals surface area contributed by atoms with Gasteiger partial charge in [-0.15, -0.1) is 0 Å². The van der Waals surface area contributed by atoms with Gasteiger partial charge in [0.1, 0.15) is 11.8 Å². The fraction of sp³-hybridized carbons (Fsp3) is 0. The summed E-state index contributed by atoms with van der Waals surface area (Å²) in [6.07, 6.45) is 0. The minimum Gasteiger partial charge on any atom is -0.360 e. The van der Waals surface area contributed by atoms with Crippen LogP contribution in [-0.4, -0.2) is 22.6 Å². The lowest BCUT2D eigenvalue weighted by Gasteiger charge is -2.34. The number of nitriles is 1. The molecule has 5 nitrogen and oxygen atoms in total. The average molecular weight is 630 g/mol. The Hall–Kier alpha value is -6.60. The third kappa shape index (κ3) is 4.52. The Morgan fingerprint density at radius 3 is 1.54 bits per heavy atom. The molecule has 0 radical (unpaired) electrons. The summed E-state index contributed by atoms with van der Waals surface area (Å²) in [6.45, 7) is 8.26. The minimum atomic E-state index is -2.84. The highest BCUT2D eigenvalue weighted by atomic mass is 28.3. The van der Waals surface area contributed by atoms with Gasteiger partial charge in [-0.3, -0.25) is 4.57 Å². The fourth-order valence-corrected chi connectivity index (χ4v) is 11.9. The van der Waals surface area contributed by atoms with Gasteiger partial charge < -0.3 is 4.85 Å². The Kier molecular flexibility index (Phi) is 7.19. The molecule has 0 aliphatic carbocycles. The average Bonchev–Trinajstić information content (AvgIpc) is 3.50. The minimum absolute atomic E-state index is 0.141. The van der Waals surface area contributed by atoms with Crippen LogP contribution in [0.4, 0.5) is 5.82 Å². The summed E-state index contributed by atoms with van der Waals surface area (Å²) in [5.41, 5.74) is 3.17. The van der Waals surface area contributed by atoms with Crippen molar-refractivity contribution in [2.45, 2.75) is 0 Å². The molecule has 0 saturated heterocycles. The standard InChI is InChI=1S/C42H27N5Si/c1-44-41-40(37(29-43)45-42(46-41)47-38-26-13-11-24-35(38)36-25-12-14-27-39(36)47)30-16-15-23-34(28-30)48(31-17-5-2-6-18-31,32-19-7-3-8-20-32)33-21-9-4-10-22-33/h2-28H. The molecule has 6 heteroatoms. The monoisotopic (exact) mass is 629 g/mol. The van der Waals surface area contributed by atoms with E-state index in [0.29, 0.717) is 11.5 Å². The number of hydrogen-bond donors (Lipinski definition) is 0. The normalized spacial score (nSPS) is 11.3. The predicted molar refractivity (Wildman–Crippen MR) is 196 cm³/mol. The molecule has 0 atom stereocenters. The Bertz CT molecular complexity index is 2340. The number of hydrogen-bond acceptors (Lipinski definition) is 3. The van der Waals surface area contributed by atoms with Crippen molar-refractivity contribution in [1.82, 2.24) is 14.5 Å². The van der Waals surface area contributed by atoms with Crippen LogP contribution in [0.1, 0.15) is 5.69 Å². The van der Waals surface area contributed by atoms with E-state index in [-0.39, 0.29) is 11.5 Å². The van der Waals surface area contributed by atoms with Gasteiger partial charge in [0.05, 0.1) is 11.0 Å². The smallest absolute Gasteiger partial charge is 0.332 e. The van der Waals surface area contributed by atoms with E-state index in [1.165, 1.54) is 15.6 Å². The molecule has 0 aliphatic rings. The second-order valence-corrected chi connectivity index (χ2v) is 15.4. The zero-order valence-electron chi connectivity index (χ0n) is 25.8. The molecule has 8 rings (SSSR count). The van der Waals surface area contributed by atoms with E-state index in [1.54, 1.807) is 0 Å². The van der Waals surface area contributed by atoms with E-state index in [2.05, 4.69) is 108 Å². The maximum Gasteiger partial charge on any atom is 0.332 e. The summed E-state index contributed by atoms with van der Waals surface area (Å²) >= 11 is 0. The largest absolute Gasteiger partial charge is 0.360 e. The van der Waals surface area contributed by atoms with E-state index in [9.17, 15) is 5.26 Å². The summed E-state index contributed by atoms with van der Waals surface area (Å²) < 4.78 is 1.94. The van der Waals surface area contributed by atoms with Gasteiger partial charge in [-0.25, -0.2) is 0 Å². The molecule has 0 unspecified atom stereocenters. The fourth-order valence-electron chi connectivity index (χ4n) is 7.08. The van der Waals surface area contributed by atoms with Gasteiger partial charge in [-0.2, -0.15) is 10.2 Å². The summed E-state index contributed by atoms with van der Waals surface area (Å²) in [4.78, 5) is 13.6. The van der Waals surface area contributed by atoms with Crippen LogP contribution in [-0.2, 0) is 0 Å². The van der Waals surface area contributed by atoms with E-state index in [1.807, 2.05) is 71.3 Å². The van der Waals surface area contributed by atoms with Crippen molar-refractivity contribution in [2.24, 2.45) is 0 Å². The van der Waals surface area contributed by atoms with Crippen molar-refractivity contribution in [3.05, 3.63) is 181 Å². The molecule has 0 amide bonds. The van der Waals surface area contributed by atoms with Crippen LogP contribution in [0.2, 0.25) is 0 Å². The zero-order valence-corrected chi connectivity index (χ0v) is 26.8. The predicted octanol–water partition coefficient (Wildman–Crippen LogP) is 7.04. The second-order valence-electron chi connectivity index (χ2n) is 11.6. The highest BCUT2D eigenvalue weighted by Gasteiger charge is 2.41. The number of rotatable bonds is 6. The topological polar surface area (TPSA) is 58.9 Å². The van der Waals surface area contributed by atoms with Crippen LogP contribution in [0.15, 0.2) is 164 Å². The molecule has 0 bridgehead atoms. The zero-order chi connectivity index (χ0) is 32.5. The lowest BCUT2D eigenvalue weighted by Crippen LogP contribution is -2.74. The molecule has 224 valence electrons. The SMILES string of the molecule is [C-]#[N+]c1nc(-n2c3ccccc3c3ccccc32)nc(C#N)c1-c1cccc([Si](c2ccccc2)(c2ccccc2)c2ccccc2)c1. The molecule has 0 N–H and O–H groups in total. The highest BCUT2D eigenvalue weighted by molar-refractivity contribution is 7.19. The van der Waals surface area contributed by atoms with Crippen LogP contribution in [0, 0.1) is 17.9 Å². The van der Waals surface area contributed by atoms with Gasteiger partial charge in [0.25, 0.3) is 5.82 Å². The van der Waals surface area contributed by atoms with Crippen molar-refractivity contribution < 1.29 is 0 Å².